The highest BCUT2D eigenvalue weighted by molar-refractivity contribution is 5.81. The Morgan fingerprint density at radius 2 is 2.00 bits per heavy atom. The van der Waals surface area contributed by atoms with Crippen molar-refractivity contribution in [3.63, 3.8) is 0 Å². The maximum atomic E-state index is 11.6. The molecule has 1 aliphatic heterocycles. The van der Waals surface area contributed by atoms with Gasteiger partial charge in [0.1, 0.15) is 11.6 Å². The monoisotopic (exact) mass is 199 g/mol. The first-order valence-corrected chi connectivity index (χ1v) is 5.28. The lowest BCUT2D eigenvalue weighted by molar-refractivity contribution is -0.163. The van der Waals surface area contributed by atoms with E-state index in [2.05, 4.69) is 0 Å². The summed E-state index contributed by atoms with van der Waals surface area (Å²) in [6.07, 6.45) is 4.23. The average Bonchev–Trinajstić information content (AvgIpc) is 2.15. The molecule has 80 valence electrons. The second kappa shape index (κ2) is 3.87. The first kappa shape index (κ1) is 9.93. The van der Waals surface area contributed by atoms with Gasteiger partial charge in [-0.15, -0.1) is 0 Å². The van der Waals surface area contributed by atoms with E-state index in [0.29, 0.717) is 13.2 Å². The van der Waals surface area contributed by atoms with Gasteiger partial charge >= 0.3 is 5.97 Å². The van der Waals surface area contributed by atoms with E-state index in [4.69, 9.17) is 15.2 Å². The van der Waals surface area contributed by atoms with Crippen LogP contribution in [0.1, 0.15) is 32.1 Å². The molecule has 0 spiro atoms. The smallest absolute Gasteiger partial charge is 0.326 e. The molecule has 2 N–H and O–H groups in total. The Labute approximate surface area is 83.7 Å². The SMILES string of the molecule is NC1(C(=O)OC2CCOCC2)CCC1. The third-order valence-corrected chi connectivity index (χ3v) is 3.09. The Morgan fingerprint density at radius 3 is 2.50 bits per heavy atom. The number of nitrogens with two attached hydrogens (primary N) is 1. The van der Waals surface area contributed by atoms with Crippen molar-refractivity contribution in [1.29, 1.82) is 0 Å². The molecule has 1 aliphatic carbocycles. The van der Waals surface area contributed by atoms with Gasteiger partial charge in [0.2, 0.25) is 0 Å². The van der Waals surface area contributed by atoms with E-state index in [-0.39, 0.29) is 12.1 Å². The van der Waals surface area contributed by atoms with Gasteiger partial charge in [0.25, 0.3) is 0 Å². The van der Waals surface area contributed by atoms with Gasteiger partial charge in [-0.2, -0.15) is 0 Å². The molecular weight excluding hydrogens is 182 g/mol. The van der Waals surface area contributed by atoms with Crippen LogP contribution in [0.2, 0.25) is 0 Å². The highest BCUT2D eigenvalue weighted by atomic mass is 16.6. The third kappa shape index (κ3) is 1.91. The second-order valence-electron chi connectivity index (χ2n) is 4.23. The summed E-state index contributed by atoms with van der Waals surface area (Å²) in [5.41, 5.74) is 5.19. The van der Waals surface area contributed by atoms with E-state index in [1.165, 1.54) is 0 Å². The molecular formula is C10H17NO3. The van der Waals surface area contributed by atoms with Gasteiger partial charge in [-0.05, 0) is 19.3 Å². The van der Waals surface area contributed by atoms with Gasteiger partial charge < -0.3 is 15.2 Å². The van der Waals surface area contributed by atoms with E-state index in [9.17, 15) is 4.79 Å². The number of carbonyl (C=O) groups excluding carboxylic acids is 1. The molecule has 0 aromatic heterocycles. The zero-order valence-corrected chi connectivity index (χ0v) is 8.33. The normalized spacial score (nSPS) is 26.6. The van der Waals surface area contributed by atoms with Gasteiger partial charge in [-0.25, -0.2) is 0 Å². The van der Waals surface area contributed by atoms with Crippen LogP contribution in [0.15, 0.2) is 0 Å². The molecule has 2 fully saturated rings. The van der Waals surface area contributed by atoms with Gasteiger partial charge in [-0.3, -0.25) is 4.79 Å². The summed E-state index contributed by atoms with van der Waals surface area (Å²) in [4.78, 5) is 11.6. The van der Waals surface area contributed by atoms with Crippen molar-refractivity contribution >= 4 is 5.97 Å². The third-order valence-electron chi connectivity index (χ3n) is 3.09. The summed E-state index contributed by atoms with van der Waals surface area (Å²) in [7, 11) is 0. The van der Waals surface area contributed by atoms with E-state index in [1.54, 1.807) is 0 Å². The lowest BCUT2D eigenvalue weighted by Gasteiger charge is -2.36. The molecule has 4 heteroatoms. The van der Waals surface area contributed by atoms with Crippen molar-refractivity contribution in [2.24, 2.45) is 5.73 Å². The first-order valence-electron chi connectivity index (χ1n) is 5.28. The number of ether oxygens (including phenoxy) is 2. The molecule has 0 aromatic carbocycles. The van der Waals surface area contributed by atoms with Crippen LogP contribution in [0.4, 0.5) is 0 Å². The summed E-state index contributed by atoms with van der Waals surface area (Å²) < 4.78 is 10.5. The highest BCUT2D eigenvalue weighted by Gasteiger charge is 2.42. The number of esters is 1. The summed E-state index contributed by atoms with van der Waals surface area (Å²) in [5.74, 6) is -0.212. The predicted molar refractivity (Wildman–Crippen MR) is 50.7 cm³/mol. The fourth-order valence-corrected chi connectivity index (χ4v) is 1.82. The molecule has 0 amide bonds. The Morgan fingerprint density at radius 1 is 1.36 bits per heavy atom. The van der Waals surface area contributed by atoms with Crippen LogP contribution in [-0.4, -0.2) is 30.8 Å². The van der Waals surface area contributed by atoms with Crippen LogP contribution in [0.25, 0.3) is 0 Å². The van der Waals surface area contributed by atoms with Crippen molar-refractivity contribution in [3.8, 4) is 0 Å². The standard InChI is InChI=1S/C10H17NO3/c11-10(4-1-5-10)9(12)14-8-2-6-13-7-3-8/h8H,1-7,11H2. The minimum absolute atomic E-state index is 0.0253. The van der Waals surface area contributed by atoms with Crippen molar-refractivity contribution in [3.05, 3.63) is 0 Å². The summed E-state index contributed by atoms with van der Waals surface area (Å²) in [6.45, 7) is 1.38. The molecule has 1 saturated heterocycles. The lowest BCUT2D eigenvalue weighted by Crippen LogP contribution is -2.55. The van der Waals surface area contributed by atoms with Crippen LogP contribution < -0.4 is 5.73 Å². The lowest BCUT2D eigenvalue weighted by atomic mass is 9.78. The van der Waals surface area contributed by atoms with Crippen LogP contribution in [0.5, 0.6) is 0 Å². The van der Waals surface area contributed by atoms with Crippen LogP contribution >= 0.6 is 0 Å². The average molecular weight is 199 g/mol. The number of hydrogen-bond donors (Lipinski definition) is 1. The quantitative estimate of drug-likeness (QED) is 0.661. The molecule has 0 aromatic rings. The minimum atomic E-state index is -0.668. The van der Waals surface area contributed by atoms with Gasteiger partial charge in [0.05, 0.1) is 13.2 Å². The number of rotatable bonds is 2. The maximum absolute atomic E-state index is 11.6. The maximum Gasteiger partial charge on any atom is 0.326 e. The largest absolute Gasteiger partial charge is 0.461 e. The van der Waals surface area contributed by atoms with E-state index < -0.39 is 5.54 Å². The van der Waals surface area contributed by atoms with Gasteiger partial charge in [0, 0.05) is 12.8 Å². The summed E-state index contributed by atoms with van der Waals surface area (Å²) in [6, 6.07) is 0. The molecule has 0 atom stereocenters. The van der Waals surface area contributed by atoms with Crippen LogP contribution in [-0.2, 0) is 14.3 Å². The van der Waals surface area contributed by atoms with E-state index in [1.807, 2.05) is 0 Å². The number of carbonyl (C=O) groups is 1. The van der Waals surface area contributed by atoms with E-state index >= 15 is 0 Å². The van der Waals surface area contributed by atoms with Crippen LogP contribution in [0, 0.1) is 0 Å². The zero-order valence-electron chi connectivity index (χ0n) is 8.33. The van der Waals surface area contributed by atoms with Gasteiger partial charge in [-0.1, -0.05) is 0 Å². The molecule has 2 aliphatic rings. The Hall–Kier alpha value is -0.610. The molecule has 1 saturated carbocycles. The molecule has 14 heavy (non-hydrogen) atoms. The first-order chi connectivity index (χ1) is 6.71. The topological polar surface area (TPSA) is 61.6 Å². The molecule has 0 bridgehead atoms. The van der Waals surface area contributed by atoms with Crippen molar-refractivity contribution < 1.29 is 14.3 Å². The molecule has 0 radical (unpaired) electrons. The fraction of sp³-hybridized carbons (Fsp3) is 0.900. The molecule has 2 rings (SSSR count). The Kier molecular flexibility index (Phi) is 2.74. The fourth-order valence-electron chi connectivity index (χ4n) is 1.82. The highest BCUT2D eigenvalue weighted by Crippen LogP contribution is 2.31. The summed E-state index contributed by atoms with van der Waals surface area (Å²) >= 11 is 0. The molecule has 4 nitrogen and oxygen atoms in total. The molecule has 1 heterocycles. The van der Waals surface area contributed by atoms with Crippen molar-refractivity contribution in [1.82, 2.24) is 0 Å². The zero-order chi connectivity index (χ0) is 10.0. The Balaban J connectivity index is 1.81. The van der Waals surface area contributed by atoms with Crippen molar-refractivity contribution in [2.45, 2.75) is 43.7 Å². The van der Waals surface area contributed by atoms with Crippen LogP contribution in [0.3, 0.4) is 0 Å². The van der Waals surface area contributed by atoms with E-state index in [0.717, 1.165) is 32.1 Å². The van der Waals surface area contributed by atoms with Gasteiger partial charge in [0.15, 0.2) is 0 Å². The molecule has 0 unspecified atom stereocenters. The predicted octanol–water partition coefficient (Wildman–Crippen LogP) is 0.590. The minimum Gasteiger partial charge on any atom is -0.461 e. The Bertz CT molecular complexity index is 219. The second-order valence-corrected chi connectivity index (χ2v) is 4.23. The number of hydrogen-bond acceptors (Lipinski definition) is 4. The summed E-state index contributed by atoms with van der Waals surface area (Å²) in [5, 5.41) is 0. The van der Waals surface area contributed by atoms with Crippen molar-refractivity contribution in [2.75, 3.05) is 13.2 Å².